The van der Waals surface area contributed by atoms with Gasteiger partial charge in [-0.15, -0.1) is 0 Å². The zero-order chi connectivity index (χ0) is 13.9. The number of ether oxygens (including phenoxy) is 1. The molecule has 0 spiro atoms. The number of carbonyl (C=O) groups excluding carboxylic acids is 1. The van der Waals surface area contributed by atoms with Gasteiger partial charge < -0.3 is 15.6 Å². The third-order valence-electron chi connectivity index (χ3n) is 2.74. The molecular weight excluding hydrogens is 234 g/mol. The van der Waals surface area contributed by atoms with Crippen LogP contribution in [-0.4, -0.2) is 30.0 Å². The summed E-state index contributed by atoms with van der Waals surface area (Å²) in [5.74, 6) is -0.754. The molecule has 1 unspecified atom stereocenters. The number of carboxylic acids is 1. The molecule has 5 heteroatoms. The molecule has 18 heavy (non-hydrogen) atoms. The van der Waals surface area contributed by atoms with E-state index in [9.17, 15) is 9.59 Å². The first-order valence-electron chi connectivity index (χ1n) is 5.53. The molecule has 0 saturated carbocycles. The molecule has 0 aromatic heterocycles. The van der Waals surface area contributed by atoms with Gasteiger partial charge in [-0.1, -0.05) is 0 Å². The highest BCUT2D eigenvalue weighted by Crippen LogP contribution is 2.23. The molecule has 0 saturated heterocycles. The van der Waals surface area contributed by atoms with E-state index in [-0.39, 0.29) is 12.2 Å². The third-order valence-corrected chi connectivity index (χ3v) is 2.74. The Balaban J connectivity index is 3.06. The number of hydrogen-bond acceptors (Lipinski definition) is 4. The number of hydrogen-bond donors (Lipinski definition) is 2. The van der Waals surface area contributed by atoms with Crippen LogP contribution in [-0.2, 0) is 4.79 Å². The molecule has 0 heterocycles. The van der Waals surface area contributed by atoms with Crippen molar-refractivity contribution in [1.29, 1.82) is 0 Å². The molecule has 0 aliphatic heterocycles. The van der Waals surface area contributed by atoms with E-state index in [1.54, 1.807) is 26.2 Å². The van der Waals surface area contributed by atoms with Crippen LogP contribution in [0.2, 0.25) is 0 Å². The van der Waals surface area contributed by atoms with Gasteiger partial charge in [-0.3, -0.25) is 9.59 Å². The van der Waals surface area contributed by atoms with Crippen LogP contribution in [0.5, 0.6) is 5.75 Å². The lowest BCUT2D eigenvalue weighted by Gasteiger charge is -2.13. The second kappa shape index (κ2) is 5.64. The third kappa shape index (κ3) is 3.07. The molecule has 98 valence electrons. The monoisotopic (exact) mass is 251 g/mol. The average molecular weight is 251 g/mol. The fourth-order valence-electron chi connectivity index (χ4n) is 1.76. The maximum atomic E-state index is 12.0. The van der Waals surface area contributed by atoms with Crippen molar-refractivity contribution < 1.29 is 19.4 Å². The molecule has 1 atom stereocenters. The topological polar surface area (TPSA) is 89.6 Å². The Morgan fingerprint density at radius 2 is 1.94 bits per heavy atom. The predicted octanol–water partition coefficient (Wildman–Crippen LogP) is 1.30. The van der Waals surface area contributed by atoms with Crippen LogP contribution in [0, 0.1) is 13.8 Å². The number of methoxy groups -OCH3 is 1. The van der Waals surface area contributed by atoms with Crippen LogP contribution in [0.3, 0.4) is 0 Å². The van der Waals surface area contributed by atoms with Gasteiger partial charge in [-0.05, 0) is 37.1 Å². The maximum absolute atomic E-state index is 12.0. The number of benzene rings is 1. The van der Waals surface area contributed by atoms with Crippen molar-refractivity contribution >= 4 is 11.8 Å². The average Bonchev–Trinajstić information content (AvgIpc) is 2.29. The molecule has 0 bridgehead atoms. The van der Waals surface area contributed by atoms with E-state index < -0.39 is 12.0 Å². The second-order valence-corrected chi connectivity index (χ2v) is 4.21. The van der Waals surface area contributed by atoms with E-state index in [4.69, 9.17) is 15.6 Å². The van der Waals surface area contributed by atoms with Crippen molar-refractivity contribution in [3.05, 3.63) is 28.8 Å². The van der Waals surface area contributed by atoms with Crippen LogP contribution in [0.25, 0.3) is 0 Å². The summed E-state index contributed by atoms with van der Waals surface area (Å²) < 4.78 is 5.15. The molecule has 0 fully saturated rings. The van der Waals surface area contributed by atoms with Gasteiger partial charge in [0.15, 0.2) is 5.78 Å². The minimum atomic E-state index is -1.08. The summed E-state index contributed by atoms with van der Waals surface area (Å²) in [6.45, 7) is 3.58. The Morgan fingerprint density at radius 1 is 1.33 bits per heavy atom. The van der Waals surface area contributed by atoms with Gasteiger partial charge >= 0.3 is 5.97 Å². The van der Waals surface area contributed by atoms with Gasteiger partial charge in [-0.25, -0.2) is 0 Å². The van der Waals surface area contributed by atoms with Crippen LogP contribution in [0.4, 0.5) is 0 Å². The summed E-state index contributed by atoms with van der Waals surface area (Å²) in [7, 11) is 1.55. The van der Waals surface area contributed by atoms with Crippen molar-refractivity contribution in [1.82, 2.24) is 0 Å². The standard InChI is InChI=1S/C13H17NO4/c1-7-5-11(18-3)8(2)4-9(7)13(17)10(14)6-12(15)16/h4-5,10H,6,14H2,1-3H3,(H,15,16). The summed E-state index contributed by atoms with van der Waals surface area (Å²) in [6.07, 6.45) is -0.372. The summed E-state index contributed by atoms with van der Waals surface area (Å²) in [5.41, 5.74) is 7.56. The minimum absolute atomic E-state index is 0.361. The van der Waals surface area contributed by atoms with Gasteiger partial charge in [-0.2, -0.15) is 0 Å². The summed E-state index contributed by atoms with van der Waals surface area (Å²) in [6, 6.07) is 2.41. The van der Waals surface area contributed by atoms with Gasteiger partial charge in [0.05, 0.1) is 19.6 Å². The first-order chi connectivity index (χ1) is 8.36. The largest absolute Gasteiger partial charge is 0.496 e. The van der Waals surface area contributed by atoms with E-state index >= 15 is 0 Å². The maximum Gasteiger partial charge on any atom is 0.305 e. The molecule has 3 N–H and O–H groups in total. The number of carbonyl (C=O) groups is 2. The first kappa shape index (κ1) is 14.2. The van der Waals surface area contributed by atoms with Crippen LogP contribution in [0.1, 0.15) is 27.9 Å². The molecule has 5 nitrogen and oxygen atoms in total. The van der Waals surface area contributed by atoms with Gasteiger partial charge in [0.25, 0.3) is 0 Å². The Hall–Kier alpha value is -1.88. The number of Topliss-reactive ketones (excluding diaryl/α,β-unsaturated/α-hetero) is 1. The first-order valence-corrected chi connectivity index (χ1v) is 5.53. The summed E-state index contributed by atoms with van der Waals surface area (Å²) >= 11 is 0. The Kier molecular flexibility index (Phi) is 4.44. The van der Waals surface area contributed by atoms with Crippen molar-refractivity contribution in [3.63, 3.8) is 0 Å². The highest BCUT2D eigenvalue weighted by Gasteiger charge is 2.21. The lowest BCUT2D eigenvalue weighted by atomic mass is 9.96. The highest BCUT2D eigenvalue weighted by molar-refractivity contribution is 6.03. The van der Waals surface area contributed by atoms with Crippen LogP contribution < -0.4 is 10.5 Å². The van der Waals surface area contributed by atoms with Gasteiger partial charge in [0.2, 0.25) is 0 Å². The molecule has 1 aromatic carbocycles. The lowest BCUT2D eigenvalue weighted by Crippen LogP contribution is -2.33. The zero-order valence-electron chi connectivity index (χ0n) is 10.7. The number of aliphatic carboxylic acids is 1. The van der Waals surface area contributed by atoms with E-state index in [0.29, 0.717) is 11.3 Å². The molecule has 0 radical (unpaired) electrons. The van der Waals surface area contributed by atoms with Gasteiger partial charge in [0.1, 0.15) is 5.75 Å². The van der Waals surface area contributed by atoms with Gasteiger partial charge in [0, 0.05) is 5.56 Å². The number of nitrogens with two attached hydrogens (primary N) is 1. The number of aryl methyl sites for hydroxylation is 2. The summed E-state index contributed by atoms with van der Waals surface area (Å²) in [5, 5.41) is 8.63. The molecular formula is C13H17NO4. The lowest BCUT2D eigenvalue weighted by molar-refractivity contribution is -0.137. The van der Waals surface area contributed by atoms with Crippen molar-refractivity contribution in [3.8, 4) is 5.75 Å². The quantitative estimate of drug-likeness (QED) is 0.770. The van der Waals surface area contributed by atoms with Crippen molar-refractivity contribution in [2.75, 3.05) is 7.11 Å². The SMILES string of the molecule is COc1cc(C)c(C(=O)C(N)CC(=O)O)cc1C. The Labute approximate surface area is 106 Å². The molecule has 1 aromatic rings. The zero-order valence-corrected chi connectivity index (χ0v) is 10.7. The molecule has 0 amide bonds. The molecule has 0 aliphatic rings. The van der Waals surface area contributed by atoms with E-state index in [0.717, 1.165) is 11.1 Å². The minimum Gasteiger partial charge on any atom is -0.496 e. The van der Waals surface area contributed by atoms with E-state index in [1.165, 1.54) is 0 Å². The number of carboxylic acid groups (broad SMARTS) is 1. The molecule has 0 aliphatic carbocycles. The predicted molar refractivity (Wildman–Crippen MR) is 67.0 cm³/mol. The Bertz CT molecular complexity index is 482. The molecule has 1 rings (SSSR count). The van der Waals surface area contributed by atoms with Crippen molar-refractivity contribution in [2.45, 2.75) is 26.3 Å². The normalized spacial score (nSPS) is 12.0. The second-order valence-electron chi connectivity index (χ2n) is 4.21. The summed E-state index contributed by atoms with van der Waals surface area (Å²) in [4.78, 5) is 22.6. The van der Waals surface area contributed by atoms with E-state index in [1.807, 2.05) is 6.92 Å². The van der Waals surface area contributed by atoms with Crippen LogP contribution in [0.15, 0.2) is 12.1 Å². The van der Waals surface area contributed by atoms with E-state index in [2.05, 4.69) is 0 Å². The highest BCUT2D eigenvalue weighted by atomic mass is 16.5. The Morgan fingerprint density at radius 3 is 2.44 bits per heavy atom. The fourth-order valence-corrected chi connectivity index (χ4v) is 1.76. The number of ketones is 1. The number of rotatable bonds is 5. The van der Waals surface area contributed by atoms with Crippen LogP contribution >= 0.6 is 0 Å². The van der Waals surface area contributed by atoms with Crippen molar-refractivity contribution in [2.24, 2.45) is 5.73 Å². The smallest absolute Gasteiger partial charge is 0.305 e. The fraction of sp³-hybridized carbons (Fsp3) is 0.385.